The molecule has 0 aliphatic carbocycles. The van der Waals surface area contributed by atoms with Crippen molar-refractivity contribution in [1.29, 1.82) is 0 Å². The van der Waals surface area contributed by atoms with Crippen LogP contribution in [0.2, 0.25) is 0 Å². The molecule has 0 aromatic carbocycles. The summed E-state index contributed by atoms with van der Waals surface area (Å²) in [5.41, 5.74) is -0.717. The Morgan fingerprint density at radius 2 is 1.88 bits per heavy atom. The molecule has 0 N–H and O–H groups in total. The summed E-state index contributed by atoms with van der Waals surface area (Å²) < 4.78 is 37.0. The first-order valence-corrected chi connectivity index (χ1v) is 7.12. The molecule has 0 radical (unpaired) electrons. The molecule has 1 saturated heterocycles. The molecule has 0 unspecified atom stereocenters. The molecule has 8 heteroatoms. The molecular weight excluding hydrogens is 270 g/mol. The molecule has 17 heavy (non-hydrogen) atoms. The van der Waals surface area contributed by atoms with Crippen molar-refractivity contribution in [3.8, 4) is 0 Å². The van der Waals surface area contributed by atoms with Gasteiger partial charge in [-0.05, 0) is 27.7 Å². The zero-order valence-corrected chi connectivity index (χ0v) is 11.9. The van der Waals surface area contributed by atoms with E-state index in [2.05, 4.69) is 9.44 Å². The average Bonchev–Trinajstić information content (AvgIpc) is 2.29. The van der Waals surface area contributed by atoms with Crippen LogP contribution in [0.4, 0.5) is 0 Å². The first kappa shape index (κ1) is 14.7. The Hall–Kier alpha value is -0.370. The van der Waals surface area contributed by atoms with Crippen molar-refractivity contribution in [2.24, 2.45) is 5.16 Å². The lowest BCUT2D eigenvalue weighted by Gasteiger charge is -2.22. The number of rotatable bonds is 3. The Bertz CT molecular complexity index is 429. The molecule has 1 aliphatic heterocycles. The van der Waals surface area contributed by atoms with Crippen LogP contribution in [0.3, 0.4) is 0 Å². The van der Waals surface area contributed by atoms with Crippen molar-refractivity contribution in [1.82, 2.24) is 0 Å². The Kier molecular flexibility index (Phi) is 3.79. The molecule has 100 valence electrons. The molecule has 0 aromatic heterocycles. The second-order valence-corrected chi connectivity index (χ2v) is 6.74. The average molecular weight is 286 g/mol. The van der Waals surface area contributed by atoms with E-state index < -0.39 is 27.6 Å². The van der Waals surface area contributed by atoms with E-state index in [0.29, 0.717) is 0 Å². The first-order chi connectivity index (χ1) is 7.43. The summed E-state index contributed by atoms with van der Waals surface area (Å²) in [5.74, 6) is -0.811. The third kappa shape index (κ3) is 4.09. The van der Waals surface area contributed by atoms with Crippen molar-refractivity contribution in [3.63, 3.8) is 0 Å². The van der Waals surface area contributed by atoms with Crippen LogP contribution in [0, 0.1) is 0 Å². The predicted molar refractivity (Wildman–Crippen MR) is 63.3 cm³/mol. The number of hydrogen-bond acceptors (Lipinski definition) is 6. The fraction of sp³-hybridized carbons (Fsp3) is 0.889. The smallest absolute Gasteiger partial charge is 0.325 e. The highest BCUT2D eigenvalue weighted by atomic mass is 35.5. The van der Waals surface area contributed by atoms with E-state index >= 15 is 0 Å². The third-order valence-corrected chi connectivity index (χ3v) is 2.63. The lowest BCUT2D eigenvalue weighted by atomic mass is 10.0. The lowest BCUT2D eigenvalue weighted by Crippen LogP contribution is -2.37. The maximum Gasteiger partial charge on any atom is 0.325 e. The summed E-state index contributed by atoms with van der Waals surface area (Å²) in [7, 11) is -3.68. The topological polar surface area (TPSA) is 74.2 Å². The van der Waals surface area contributed by atoms with E-state index in [-0.39, 0.29) is 5.17 Å². The predicted octanol–water partition coefficient (Wildman–Crippen LogP) is 1.45. The number of ether oxygens (including phenoxy) is 2. The van der Waals surface area contributed by atoms with Crippen LogP contribution >= 0.6 is 11.6 Å². The zero-order valence-electron chi connectivity index (χ0n) is 10.4. The fourth-order valence-corrected chi connectivity index (χ4v) is 2.22. The van der Waals surface area contributed by atoms with Gasteiger partial charge in [0.05, 0.1) is 11.9 Å². The van der Waals surface area contributed by atoms with Crippen LogP contribution in [-0.2, 0) is 23.9 Å². The molecular formula is C9H16ClNO5S. The Labute approximate surface area is 106 Å². The monoisotopic (exact) mass is 285 g/mol. The van der Waals surface area contributed by atoms with Gasteiger partial charge in [0, 0.05) is 0 Å². The molecule has 1 aliphatic rings. The molecule has 0 saturated carbocycles. The maximum absolute atomic E-state index is 10.8. The highest BCUT2D eigenvalue weighted by Gasteiger charge is 2.49. The molecule has 1 heterocycles. The fourth-order valence-electron chi connectivity index (χ4n) is 1.62. The van der Waals surface area contributed by atoms with Crippen molar-refractivity contribution in [2.75, 3.05) is 6.26 Å². The number of nitrogens with zero attached hydrogens (tertiary/aromatic N) is 1. The SMILES string of the molecule is CC1(C)O[C@H](C(Cl)=NOS(C)(=O)=O)C(C)(C)O1. The number of hydrogen-bond donors (Lipinski definition) is 0. The highest BCUT2D eigenvalue weighted by molar-refractivity contribution is 7.85. The first-order valence-electron chi connectivity index (χ1n) is 4.93. The Morgan fingerprint density at radius 3 is 2.24 bits per heavy atom. The number of oxime groups is 1. The molecule has 1 atom stereocenters. The van der Waals surface area contributed by atoms with Crippen molar-refractivity contribution in [2.45, 2.75) is 45.2 Å². The van der Waals surface area contributed by atoms with Crippen LogP contribution in [0.15, 0.2) is 5.16 Å². The van der Waals surface area contributed by atoms with Gasteiger partial charge in [0.25, 0.3) is 0 Å². The van der Waals surface area contributed by atoms with Gasteiger partial charge in [-0.1, -0.05) is 16.8 Å². The van der Waals surface area contributed by atoms with Gasteiger partial charge in [-0.3, -0.25) is 4.28 Å². The van der Waals surface area contributed by atoms with Crippen LogP contribution in [-0.4, -0.2) is 37.3 Å². The van der Waals surface area contributed by atoms with E-state index in [4.69, 9.17) is 21.1 Å². The number of halogens is 1. The molecule has 1 rings (SSSR count). The molecule has 0 bridgehead atoms. The van der Waals surface area contributed by atoms with Gasteiger partial charge in [0.1, 0.15) is 6.10 Å². The van der Waals surface area contributed by atoms with E-state index in [1.165, 1.54) is 0 Å². The summed E-state index contributed by atoms with van der Waals surface area (Å²) >= 11 is 5.86. The molecule has 0 amide bonds. The van der Waals surface area contributed by atoms with Crippen LogP contribution in [0.5, 0.6) is 0 Å². The normalized spacial score (nSPS) is 28.1. The van der Waals surface area contributed by atoms with Crippen LogP contribution < -0.4 is 0 Å². The molecule has 1 fully saturated rings. The summed E-state index contributed by atoms with van der Waals surface area (Å²) in [4.78, 5) is 0. The quantitative estimate of drug-likeness (QED) is 0.579. The van der Waals surface area contributed by atoms with E-state index in [1.807, 2.05) is 0 Å². The van der Waals surface area contributed by atoms with Crippen LogP contribution in [0.1, 0.15) is 27.7 Å². The largest absolute Gasteiger partial charge is 0.341 e. The molecule has 0 aromatic rings. The summed E-state index contributed by atoms with van der Waals surface area (Å²) in [5, 5.41) is 3.22. The van der Waals surface area contributed by atoms with Gasteiger partial charge >= 0.3 is 10.1 Å². The van der Waals surface area contributed by atoms with Crippen molar-refractivity contribution in [3.05, 3.63) is 0 Å². The van der Waals surface area contributed by atoms with Gasteiger partial charge < -0.3 is 9.47 Å². The minimum Gasteiger partial charge on any atom is -0.341 e. The second kappa shape index (κ2) is 4.38. The minimum atomic E-state index is -3.68. The highest BCUT2D eigenvalue weighted by Crippen LogP contribution is 2.37. The van der Waals surface area contributed by atoms with Gasteiger partial charge in [-0.2, -0.15) is 8.42 Å². The molecule has 0 spiro atoms. The van der Waals surface area contributed by atoms with Gasteiger partial charge in [-0.15, -0.1) is 0 Å². The third-order valence-electron chi connectivity index (χ3n) is 2.02. The Morgan fingerprint density at radius 1 is 1.35 bits per heavy atom. The summed E-state index contributed by atoms with van der Waals surface area (Å²) in [6.07, 6.45) is 0.197. The van der Waals surface area contributed by atoms with E-state index in [1.54, 1.807) is 27.7 Å². The molecule has 6 nitrogen and oxygen atoms in total. The standard InChI is InChI=1S/C9H16ClNO5S/c1-8(2)6(14-9(3,4)15-8)7(10)11-16-17(5,12)13/h6H,1-5H3/t6-/m1/s1. The lowest BCUT2D eigenvalue weighted by molar-refractivity contribution is -0.155. The zero-order chi connectivity index (χ0) is 13.5. The van der Waals surface area contributed by atoms with Crippen molar-refractivity contribution >= 4 is 26.9 Å². The summed E-state index contributed by atoms with van der Waals surface area (Å²) in [6, 6.07) is 0. The van der Waals surface area contributed by atoms with Crippen LogP contribution in [0.25, 0.3) is 0 Å². The van der Waals surface area contributed by atoms with Gasteiger partial charge in [0.2, 0.25) is 0 Å². The maximum atomic E-state index is 10.8. The van der Waals surface area contributed by atoms with Crippen molar-refractivity contribution < 1.29 is 22.2 Å². The second-order valence-electron chi connectivity index (χ2n) is 4.80. The Balaban J connectivity index is 2.87. The van der Waals surface area contributed by atoms with Gasteiger partial charge in [-0.25, -0.2) is 0 Å². The minimum absolute atomic E-state index is 0.106. The van der Waals surface area contributed by atoms with E-state index in [0.717, 1.165) is 6.26 Å². The summed E-state index contributed by atoms with van der Waals surface area (Å²) in [6.45, 7) is 7.00. The van der Waals surface area contributed by atoms with Gasteiger partial charge in [0.15, 0.2) is 11.0 Å². The van der Waals surface area contributed by atoms with E-state index in [9.17, 15) is 8.42 Å².